The number of aliphatic hydroxyl groups is 1. The number of hydrogen-bond donors (Lipinski definition) is 4. The van der Waals surface area contributed by atoms with E-state index in [4.69, 9.17) is 4.74 Å². The number of aliphatic hydroxyl groups excluding tert-OH is 1. The van der Waals surface area contributed by atoms with Gasteiger partial charge in [-0.1, -0.05) is 18.2 Å². The van der Waals surface area contributed by atoms with Crippen LogP contribution in [0.3, 0.4) is 0 Å². The smallest absolute Gasteiger partial charge is 0.227 e. The largest absolute Gasteiger partial charge is 0.491 e. The van der Waals surface area contributed by atoms with E-state index in [1.54, 1.807) is 6.07 Å². The molecule has 8 nitrogen and oxygen atoms in total. The summed E-state index contributed by atoms with van der Waals surface area (Å²) in [6.07, 6.45) is -0.437. The Morgan fingerprint density at radius 1 is 1.19 bits per heavy atom. The zero-order chi connectivity index (χ0) is 22.6. The van der Waals surface area contributed by atoms with Gasteiger partial charge in [0.05, 0.1) is 18.8 Å². The number of pyridine rings is 1. The summed E-state index contributed by atoms with van der Waals surface area (Å²) >= 11 is 0. The Labute approximate surface area is 184 Å². The van der Waals surface area contributed by atoms with Gasteiger partial charge in [0, 0.05) is 25.2 Å². The molecule has 0 aliphatic rings. The number of carbonyl (C=O) groups excluding carboxylic acids is 1. The molecule has 1 amide bonds. The van der Waals surface area contributed by atoms with Gasteiger partial charge in [0.2, 0.25) is 5.91 Å². The van der Waals surface area contributed by atoms with Crippen LogP contribution in [0.25, 0.3) is 0 Å². The number of amides is 1. The number of rotatable bonds is 10. The Bertz CT molecular complexity index is 870. The summed E-state index contributed by atoms with van der Waals surface area (Å²) in [4.78, 5) is 20.8. The molecule has 8 heteroatoms. The SMILES string of the molecule is CCNC(=NCC(O)c1cccc(OC(C)C)c1)NCCC(=O)Nc1cccc(C)n1. The zero-order valence-corrected chi connectivity index (χ0v) is 18.7. The van der Waals surface area contributed by atoms with Crippen molar-refractivity contribution < 1.29 is 14.6 Å². The third-order valence-corrected chi connectivity index (χ3v) is 4.18. The van der Waals surface area contributed by atoms with Crippen molar-refractivity contribution in [2.24, 2.45) is 4.99 Å². The highest BCUT2D eigenvalue weighted by atomic mass is 16.5. The minimum absolute atomic E-state index is 0.0638. The molecule has 0 bridgehead atoms. The first-order valence-corrected chi connectivity index (χ1v) is 10.6. The maximum absolute atomic E-state index is 12.1. The average molecular weight is 428 g/mol. The van der Waals surface area contributed by atoms with Gasteiger partial charge in [0.15, 0.2) is 5.96 Å². The number of aromatic nitrogens is 1. The molecule has 0 saturated carbocycles. The lowest BCUT2D eigenvalue weighted by Gasteiger charge is -2.15. The first kappa shape index (κ1) is 24.1. The third kappa shape index (κ3) is 9.04. The minimum Gasteiger partial charge on any atom is -0.491 e. The summed E-state index contributed by atoms with van der Waals surface area (Å²) < 4.78 is 5.68. The van der Waals surface area contributed by atoms with E-state index >= 15 is 0 Å². The van der Waals surface area contributed by atoms with E-state index in [0.717, 1.165) is 17.0 Å². The number of benzene rings is 1. The lowest BCUT2D eigenvalue weighted by Crippen LogP contribution is -2.39. The van der Waals surface area contributed by atoms with E-state index in [0.29, 0.717) is 24.9 Å². The Morgan fingerprint density at radius 3 is 2.68 bits per heavy atom. The van der Waals surface area contributed by atoms with Crippen LogP contribution in [0.5, 0.6) is 5.75 Å². The molecule has 2 rings (SSSR count). The van der Waals surface area contributed by atoms with Crippen molar-refractivity contribution in [3.8, 4) is 5.75 Å². The average Bonchev–Trinajstić information content (AvgIpc) is 2.71. The summed E-state index contributed by atoms with van der Waals surface area (Å²) in [6.45, 7) is 8.99. The lowest BCUT2D eigenvalue weighted by atomic mass is 10.1. The van der Waals surface area contributed by atoms with E-state index < -0.39 is 6.10 Å². The molecule has 1 heterocycles. The molecule has 1 aromatic heterocycles. The Hall–Kier alpha value is -3.13. The highest BCUT2D eigenvalue weighted by Gasteiger charge is 2.10. The Morgan fingerprint density at radius 2 is 1.97 bits per heavy atom. The zero-order valence-electron chi connectivity index (χ0n) is 18.7. The molecule has 1 atom stereocenters. The second-order valence-corrected chi connectivity index (χ2v) is 7.36. The van der Waals surface area contributed by atoms with Crippen molar-refractivity contribution in [2.45, 2.75) is 46.3 Å². The van der Waals surface area contributed by atoms with Crippen LogP contribution in [-0.2, 0) is 4.79 Å². The fourth-order valence-electron chi connectivity index (χ4n) is 2.80. The van der Waals surface area contributed by atoms with Crippen LogP contribution in [-0.4, -0.2) is 47.7 Å². The first-order chi connectivity index (χ1) is 14.9. The van der Waals surface area contributed by atoms with Gasteiger partial charge in [0.25, 0.3) is 0 Å². The predicted molar refractivity (Wildman–Crippen MR) is 123 cm³/mol. The van der Waals surface area contributed by atoms with Gasteiger partial charge in [-0.25, -0.2) is 4.98 Å². The number of guanidine groups is 1. The van der Waals surface area contributed by atoms with Gasteiger partial charge in [-0.05, 0) is 57.5 Å². The van der Waals surface area contributed by atoms with Gasteiger partial charge in [-0.2, -0.15) is 0 Å². The van der Waals surface area contributed by atoms with Crippen molar-refractivity contribution in [2.75, 3.05) is 25.0 Å². The van der Waals surface area contributed by atoms with Crippen LogP contribution < -0.4 is 20.7 Å². The van der Waals surface area contributed by atoms with Crippen LogP contribution >= 0.6 is 0 Å². The number of carbonyl (C=O) groups is 1. The number of anilines is 1. The minimum atomic E-state index is -0.762. The van der Waals surface area contributed by atoms with E-state index in [-0.39, 0.29) is 25.0 Å². The van der Waals surface area contributed by atoms with Crippen molar-refractivity contribution in [3.63, 3.8) is 0 Å². The van der Waals surface area contributed by atoms with Crippen LogP contribution in [0.15, 0.2) is 47.5 Å². The van der Waals surface area contributed by atoms with Crippen LogP contribution in [0.2, 0.25) is 0 Å². The van der Waals surface area contributed by atoms with Gasteiger partial charge < -0.3 is 25.8 Å². The van der Waals surface area contributed by atoms with Gasteiger partial charge in [0.1, 0.15) is 11.6 Å². The summed E-state index contributed by atoms with van der Waals surface area (Å²) in [7, 11) is 0. The second-order valence-electron chi connectivity index (χ2n) is 7.36. The molecule has 4 N–H and O–H groups in total. The number of aryl methyl sites for hydroxylation is 1. The van der Waals surface area contributed by atoms with Crippen molar-refractivity contribution in [1.82, 2.24) is 15.6 Å². The highest BCUT2D eigenvalue weighted by Crippen LogP contribution is 2.20. The topological polar surface area (TPSA) is 108 Å². The molecule has 1 aromatic carbocycles. The highest BCUT2D eigenvalue weighted by molar-refractivity contribution is 5.90. The first-order valence-electron chi connectivity index (χ1n) is 10.6. The fourth-order valence-corrected chi connectivity index (χ4v) is 2.80. The summed E-state index contributed by atoms with van der Waals surface area (Å²) in [5, 5.41) is 19.5. The van der Waals surface area contributed by atoms with Crippen molar-refractivity contribution >= 4 is 17.7 Å². The molecule has 2 aromatic rings. The van der Waals surface area contributed by atoms with Crippen LogP contribution in [0.1, 0.15) is 44.6 Å². The van der Waals surface area contributed by atoms with E-state index in [2.05, 4.69) is 25.9 Å². The number of hydrogen-bond acceptors (Lipinski definition) is 5. The maximum atomic E-state index is 12.1. The normalized spacial score (nSPS) is 12.4. The predicted octanol–water partition coefficient (Wildman–Crippen LogP) is 2.79. The van der Waals surface area contributed by atoms with Crippen LogP contribution in [0.4, 0.5) is 5.82 Å². The molecular weight excluding hydrogens is 394 g/mol. The van der Waals surface area contributed by atoms with Gasteiger partial charge in [-0.15, -0.1) is 0 Å². The van der Waals surface area contributed by atoms with Gasteiger partial charge in [-0.3, -0.25) is 9.79 Å². The Kier molecular flexibility index (Phi) is 9.77. The number of nitrogens with one attached hydrogen (secondary N) is 3. The van der Waals surface area contributed by atoms with E-state index in [1.807, 2.05) is 64.1 Å². The lowest BCUT2D eigenvalue weighted by molar-refractivity contribution is -0.116. The third-order valence-electron chi connectivity index (χ3n) is 4.18. The quantitative estimate of drug-likeness (QED) is 0.343. The maximum Gasteiger partial charge on any atom is 0.227 e. The molecule has 0 spiro atoms. The molecule has 0 fully saturated rings. The molecule has 0 aliphatic carbocycles. The molecular formula is C23H33N5O3. The second kappa shape index (κ2) is 12.5. The molecule has 31 heavy (non-hydrogen) atoms. The standard InChI is InChI=1S/C23H33N5O3/c1-5-24-23(25-13-12-22(30)28-21-11-6-8-17(4)27-21)26-15-20(29)18-9-7-10-19(14-18)31-16(2)3/h6-11,14,16,20,29H,5,12-13,15H2,1-4H3,(H2,24,25,26)(H,27,28,30). The summed E-state index contributed by atoms with van der Waals surface area (Å²) in [6, 6.07) is 12.9. The number of nitrogens with zero attached hydrogens (tertiary/aromatic N) is 2. The van der Waals surface area contributed by atoms with Crippen molar-refractivity contribution in [1.29, 1.82) is 0 Å². The monoisotopic (exact) mass is 427 g/mol. The van der Waals surface area contributed by atoms with E-state index in [9.17, 15) is 9.90 Å². The molecule has 168 valence electrons. The fraction of sp³-hybridized carbons (Fsp3) is 0.435. The summed E-state index contributed by atoms with van der Waals surface area (Å²) in [5.74, 6) is 1.66. The molecule has 0 radical (unpaired) electrons. The van der Waals surface area contributed by atoms with Crippen LogP contribution in [0, 0.1) is 6.92 Å². The van der Waals surface area contributed by atoms with E-state index in [1.165, 1.54) is 0 Å². The van der Waals surface area contributed by atoms with Gasteiger partial charge >= 0.3 is 0 Å². The molecule has 1 unspecified atom stereocenters. The molecule has 0 aliphatic heterocycles. The Balaban J connectivity index is 1.86. The molecule has 0 saturated heterocycles. The number of ether oxygens (including phenoxy) is 1. The van der Waals surface area contributed by atoms with Crippen molar-refractivity contribution in [3.05, 3.63) is 53.7 Å². The number of aliphatic imine (C=N–C) groups is 1. The summed E-state index contributed by atoms with van der Waals surface area (Å²) in [5.41, 5.74) is 1.58.